The van der Waals surface area contributed by atoms with Crippen LogP contribution >= 0.6 is 0 Å². The smallest absolute Gasteiger partial charge is 0.361 e. The van der Waals surface area contributed by atoms with Gasteiger partial charge >= 0.3 is 11.3 Å². The molecular weight excluding hydrogens is 508 g/mol. The van der Waals surface area contributed by atoms with E-state index in [1.165, 1.54) is 0 Å². The van der Waals surface area contributed by atoms with E-state index >= 15 is 0 Å². The number of ether oxygens (including phenoxy) is 1. The molecule has 0 saturated heterocycles. The van der Waals surface area contributed by atoms with Crippen molar-refractivity contribution < 1.29 is 42.8 Å². The van der Waals surface area contributed by atoms with E-state index in [0.717, 1.165) is 22.1 Å². The second kappa shape index (κ2) is 12.0. The molecule has 0 aliphatic heterocycles. The Kier molecular flexibility index (Phi) is 8.48. The van der Waals surface area contributed by atoms with Crippen LogP contribution in [-0.2, 0) is 0 Å². The van der Waals surface area contributed by atoms with Crippen molar-refractivity contribution in [2.75, 3.05) is 7.11 Å². The van der Waals surface area contributed by atoms with Crippen LogP contribution < -0.4 is 23.4 Å². The molecule has 1 aromatic heterocycles. The number of carbonyl (C=O) groups is 1. The Labute approximate surface area is 221 Å². The molecule has 1 atom stereocenters. The minimum absolute atomic E-state index is 0.0381. The third kappa shape index (κ3) is 6.80. The summed E-state index contributed by atoms with van der Waals surface area (Å²) < 4.78 is 45.8. The fourth-order valence-electron chi connectivity index (χ4n) is 4.19. The second-order valence-corrected chi connectivity index (χ2v) is 9.00. The minimum atomic E-state index is -4.94. The van der Waals surface area contributed by atoms with Gasteiger partial charge in [0.15, 0.2) is 5.78 Å². The van der Waals surface area contributed by atoms with Crippen molar-refractivity contribution in [2.45, 2.75) is 5.92 Å². The molecule has 0 amide bonds. The highest BCUT2D eigenvalue weighted by molar-refractivity contribution is 6.05. The Morgan fingerprint density at radius 1 is 0.763 bits per heavy atom. The Hall–Kier alpha value is -4.11. The highest BCUT2D eigenvalue weighted by Gasteiger charge is 2.30. The van der Waals surface area contributed by atoms with Crippen molar-refractivity contribution in [3.05, 3.63) is 132 Å². The van der Waals surface area contributed by atoms with Gasteiger partial charge in [-0.15, -0.1) is 10.2 Å². The molecule has 1 unspecified atom stereocenters. The van der Waals surface area contributed by atoms with Gasteiger partial charge in [-0.1, -0.05) is 78.9 Å². The number of ketones is 1. The third-order valence-electron chi connectivity index (χ3n) is 5.83. The summed E-state index contributed by atoms with van der Waals surface area (Å²) in [7, 11) is -3.31. The van der Waals surface area contributed by atoms with Gasteiger partial charge in [0, 0.05) is 17.7 Å². The molecule has 0 N–H and O–H groups in total. The van der Waals surface area contributed by atoms with Gasteiger partial charge in [-0.25, -0.2) is 23.1 Å². The number of halogens is 1. The predicted molar refractivity (Wildman–Crippen MR) is 132 cm³/mol. The van der Waals surface area contributed by atoms with E-state index < -0.39 is 16.2 Å². The largest absolute Gasteiger partial charge is 0.497 e. The van der Waals surface area contributed by atoms with E-state index in [-0.39, 0.29) is 5.78 Å². The first-order chi connectivity index (χ1) is 18.2. The standard InChI is InChI=1S/C30H23O3.ClHO4/c1-32-24-17-18-27-25(19-24)26(20-28(33-27)21-11-5-2-6-12-21)29(22-13-7-3-8-14-22)30(31)23-15-9-4-10-16-23;2-1(3,4)5/h2-20,29H,1H3;(H,2,3,4,5)/q+1;/p-1. The number of rotatable bonds is 6. The van der Waals surface area contributed by atoms with E-state index in [4.69, 9.17) is 27.8 Å². The van der Waals surface area contributed by atoms with Crippen LogP contribution in [0.2, 0.25) is 0 Å². The average Bonchev–Trinajstić information content (AvgIpc) is 2.93. The maximum Gasteiger partial charge on any atom is 0.361 e. The zero-order valence-corrected chi connectivity index (χ0v) is 21.0. The Balaban J connectivity index is 0.000000617. The summed E-state index contributed by atoms with van der Waals surface area (Å²) in [5, 5.41) is 0.854. The maximum atomic E-state index is 13.9. The van der Waals surface area contributed by atoms with Gasteiger partial charge in [-0.05, 0) is 35.4 Å². The lowest BCUT2D eigenvalue weighted by Crippen LogP contribution is -2.68. The molecule has 0 aliphatic carbocycles. The Morgan fingerprint density at radius 3 is 1.89 bits per heavy atom. The lowest BCUT2D eigenvalue weighted by Gasteiger charge is -2.18. The van der Waals surface area contributed by atoms with Crippen LogP contribution in [-0.4, -0.2) is 12.9 Å². The first-order valence-corrected chi connectivity index (χ1v) is 12.7. The van der Waals surface area contributed by atoms with Crippen molar-refractivity contribution >= 4 is 16.8 Å². The molecular formula is C30H23ClO7. The first kappa shape index (κ1) is 26.9. The normalized spacial score (nSPS) is 11.8. The molecule has 0 saturated carbocycles. The molecule has 1 heterocycles. The monoisotopic (exact) mass is 530 g/mol. The van der Waals surface area contributed by atoms with Crippen LogP contribution in [0.4, 0.5) is 0 Å². The molecule has 7 nitrogen and oxygen atoms in total. The van der Waals surface area contributed by atoms with Gasteiger partial charge in [-0.2, -0.15) is 0 Å². The molecule has 38 heavy (non-hydrogen) atoms. The summed E-state index contributed by atoms with van der Waals surface area (Å²) in [5.74, 6) is 0.966. The fourth-order valence-corrected chi connectivity index (χ4v) is 4.19. The van der Waals surface area contributed by atoms with E-state index in [9.17, 15) is 4.79 Å². The molecule has 0 spiro atoms. The zero-order chi connectivity index (χ0) is 27.1. The Bertz CT molecular complexity index is 1500. The van der Waals surface area contributed by atoms with Crippen LogP contribution in [0, 0.1) is 10.2 Å². The summed E-state index contributed by atoms with van der Waals surface area (Å²) in [6.45, 7) is 0. The summed E-state index contributed by atoms with van der Waals surface area (Å²) in [5.41, 5.74) is 4.14. The maximum absolute atomic E-state index is 13.9. The quantitative estimate of drug-likeness (QED) is 0.244. The molecule has 0 aliphatic rings. The Morgan fingerprint density at radius 2 is 1.32 bits per heavy atom. The molecule has 0 bridgehead atoms. The summed E-state index contributed by atoms with van der Waals surface area (Å²) in [6, 6.07) is 37.0. The van der Waals surface area contributed by atoms with Gasteiger partial charge in [-0.3, -0.25) is 4.79 Å². The topological polar surface area (TPSA) is 130 Å². The van der Waals surface area contributed by atoms with Crippen LogP contribution in [0.15, 0.2) is 120 Å². The van der Waals surface area contributed by atoms with E-state index in [2.05, 4.69) is 0 Å². The number of benzene rings is 4. The van der Waals surface area contributed by atoms with Gasteiger partial charge < -0.3 is 4.74 Å². The highest BCUT2D eigenvalue weighted by Crippen LogP contribution is 2.38. The van der Waals surface area contributed by atoms with Crippen molar-refractivity contribution in [2.24, 2.45) is 0 Å². The highest BCUT2D eigenvalue weighted by atomic mass is 35.7. The summed E-state index contributed by atoms with van der Waals surface area (Å²) >= 11 is 0. The zero-order valence-electron chi connectivity index (χ0n) is 20.3. The summed E-state index contributed by atoms with van der Waals surface area (Å²) in [4.78, 5) is 13.9. The van der Waals surface area contributed by atoms with Crippen LogP contribution in [0.5, 0.6) is 5.75 Å². The van der Waals surface area contributed by atoms with E-state index in [0.29, 0.717) is 22.7 Å². The van der Waals surface area contributed by atoms with Crippen LogP contribution in [0.1, 0.15) is 27.4 Å². The van der Waals surface area contributed by atoms with Crippen LogP contribution in [0.25, 0.3) is 22.3 Å². The third-order valence-corrected chi connectivity index (χ3v) is 5.83. The number of hydrogen-bond donors (Lipinski definition) is 0. The number of methoxy groups -OCH3 is 1. The van der Waals surface area contributed by atoms with E-state index in [1.807, 2.05) is 115 Å². The van der Waals surface area contributed by atoms with Crippen molar-refractivity contribution in [3.63, 3.8) is 0 Å². The number of carbonyl (C=O) groups excluding carboxylic acids is 1. The molecule has 5 aromatic rings. The lowest BCUT2D eigenvalue weighted by atomic mass is 9.83. The molecule has 0 fully saturated rings. The van der Waals surface area contributed by atoms with Gasteiger partial charge in [0.1, 0.15) is 5.75 Å². The van der Waals surface area contributed by atoms with Crippen molar-refractivity contribution in [1.82, 2.24) is 0 Å². The first-order valence-electron chi connectivity index (χ1n) is 11.5. The number of hydrogen-bond acceptors (Lipinski definition) is 6. The van der Waals surface area contributed by atoms with E-state index in [1.54, 1.807) is 7.11 Å². The van der Waals surface area contributed by atoms with Gasteiger partial charge in [0.2, 0.25) is 0 Å². The number of Topliss-reactive ketones (excluding diaryl/α,β-unsaturated/α-hetero) is 1. The van der Waals surface area contributed by atoms with Gasteiger partial charge in [0.25, 0.3) is 0 Å². The molecule has 0 radical (unpaired) electrons. The molecule has 192 valence electrons. The number of fused-ring (bicyclic) bond motifs is 1. The summed E-state index contributed by atoms with van der Waals surface area (Å²) in [6.07, 6.45) is 0. The van der Waals surface area contributed by atoms with Crippen molar-refractivity contribution in [1.29, 1.82) is 0 Å². The SMILES string of the molecule is COc1ccc2[o+]c(-c3ccccc3)cc(C(C(=O)c3ccccc3)c3ccccc3)c2c1.[O-][Cl+3]([O-])([O-])[O-]. The molecule has 8 heteroatoms. The second-order valence-electron chi connectivity index (χ2n) is 8.25. The minimum Gasteiger partial charge on any atom is -0.497 e. The lowest BCUT2D eigenvalue weighted by molar-refractivity contribution is -2.00. The fraction of sp³-hybridized carbons (Fsp3) is 0.0667. The predicted octanol–water partition coefficient (Wildman–Crippen LogP) is 2.65. The average molecular weight is 531 g/mol. The van der Waals surface area contributed by atoms with Crippen molar-refractivity contribution in [3.8, 4) is 17.1 Å². The van der Waals surface area contributed by atoms with Gasteiger partial charge in [0.05, 0.1) is 24.0 Å². The molecule has 4 aromatic carbocycles. The van der Waals surface area contributed by atoms with Crippen LogP contribution in [0.3, 0.4) is 0 Å². The molecule has 5 rings (SSSR count).